The third-order valence-electron chi connectivity index (χ3n) is 4.74. The van der Waals surface area contributed by atoms with Gasteiger partial charge in [-0.2, -0.15) is 10.4 Å². The largest absolute Gasteiger partial charge is 0.488 e. The maximum atomic E-state index is 13.1. The Labute approximate surface area is 167 Å². The molecule has 1 amide bonds. The first-order valence-electron chi connectivity index (χ1n) is 9.26. The molecule has 1 aliphatic rings. The number of nitrogens with zero attached hydrogens (tertiary/aromatic N) is 3. The Balaban J connectivity index is 1.90. The van der Waals surface area contributed by atoms with Crippen LogP contribution in [0.4, 0.5) is 0 Å². The van der Waals surface area contributed by atoms with Crippen LogP contribution < -0.4 is 10.1 Å². The second kappa shape index (κ2) is 7.60. The van der Waals surface area contributed by atoms with Crippen LogP contribution in [-0.4, -0.2) is 28.0 Å². The van der Waals surface area contributed by atoms with Crippen LogP contribution in [0.25, 0.3) is 16.9 Å². The smallest absolute Gasteiger partial charge is 0.245 e. The number of carbonyl (C=O) groups is 2. The molecule has 0 saturated heterocycles. The SMILES string of the molecule is CCNC(=O)C(C#N)C(=O)c1nn(-c2ccccc2)c2c1COc1ccccc1-2. The van der Waals surface area contributed by atoms with Crippen LogP contribution in [0.2, 0.25) is 0 Å². The van der Waals surface area contributed by atoms with Gasteiger partial charge in [0.15, 0.2) is 5.92 Å². The van der Waals surface area contributed by atoms with Gasteiger partial charge in [0.1, 0.15) is 18.1 Å². The Kier molecular flexibility index (Phi) is 4.83. The van der Waals surface area contributed by atoms with Gasteiger partial charge in [-0.25, -0.2) is 4.68 Å². The fourth-order valence-electron chi connectivity index (χ4n) is 3.41. The number of carbonyl (C=O) groups excluding carboxylic acids is 2. The van der Waals surface area contributed by atoms with Crippen LogP contribution in [0.3, 0.4) is 0 Å². The van der Waals surface area contributed by atoms with E-state index < -0.39 is 17.6 Å². The lowest BCUT2D eigenvalue weighted by molar-refractivity contribution is -0.122. The second-order valence-corrected chi connectivity index (χ2v) is 6.53. The quantitative estimate of drug-likeness (QED) is 0.537. The van der Waals surface area contributed by atoms with E-state index in [0.717, 1.165) is 16.9 Å². The number of hydrogen-bond acceptors (Lipinski definition) is 5. The number of hydrogen-bond donors (Lipinski definition) is 1. The number of benzene rings is 2. The fraction of sp³-hybridized carbons (Fsp3) is 0.182. The van der Waals surface area contributed by atoms with Gasteiger partial charge < -0.3 is 10.1 Å². The Bertz CT molecular complexity index is 1130. The van der Waals surface area contributed by atoms with Crippen molar-refractivity contribution in [1.82, 2.24) is 15.1 Å². The number of ketones is 1. The van der Waals surface area contributed by atoms with Gasteiger partial charge in [0.05, 0.1) is 17.5 Å². The number of amides is 1. The second-order valence-electron chi connectivity index (χ2n) is 6.53. The summed E-state index contributed by atoms with van der Waals surface area (Å²) in [6.07, 6.45) is 0. The Morgan fingerprint density at radius 2 is 1.93 bits per heavy atom. The van der Waals surface area contributed by atoms with Gasteiger partial charge >= 0.3 is 0 Å². The summed E-state index contributed by atoms with van der Waals surface area (Å²) in [5.74, 6) is -2.03. The molecular formula is C22H18N4O3. The zero-order valence-corrected chi connectivity index (χ0v) is 15.8. The van der Waals surface area contributed by atoms with Gasteiger partial charge in [-0.05, 0) is 31.2 Å². The van der Waals surface area contributed by atoms with Crippen molar-refractivity contribution in [2.75, 3.05) is 6.54 Å². The molecule has 1 aromatic heterocycles. The summed E-state index contributed by atoms with van der Waals surface area (Å²) in [6, 6.07) is 18.7. The molecule has 7 heteroatoms. The number of fused-ring (bicyclic) bond motifs is 3. The number of nitrogens with one attached hydrogen (secondary N) is 1. The summed E-state index contributed by atoms with van der Waals surface area (Å²) in [4.78, 5) is 25.3. The van der Waals surface area contributed by atoms with E-state index in [9.17, 15) is 14.9 Å². The van der Waals surface area contributed by atoms with Gasteiger partial charge in [-0.3, -0.25) is 9.59 Å². The molecule has 4 rings (SSSR count). The van der Waals surface area contributed by atoms with E-state index in [4.69, 9.17) is 4.74 Å². The molecule has 1 N–H and O–H groups in total. The highest BCUT2D eigenvalue weighted by Crippen LogP contribution is 2.40. The summed E-state index contributed by atoms with van der Waals surface area (Å²) in [5, 5.41) is 16.5. The lowest BCUT2D eigenvalue weighted by atomic mass is 9.96. The summed E-state index contributed by atoms with van der Waals surface area (Å²) >= 11 is 0. The molecule has 0 saturated carbocycles. The highest BCUT2D eigenvalue weighted by atomic mass is 16.5. The van der Waals surface area contributed by atoms with E-state index in [-0.39, 0.29) is 12.3 Å². The highest BCUT2D eigenvalue weighted by molar-refractivity contribution is 6.12. The summed E-state index contributed by atoms with van der Waals surface area (Å²) < 4.78 is 7.50. The Hall–Kier alpha value is -3.92. The molecule has 3 aromatic rings. The molecule has 0 fully saturated rings. The molecule has 144 valence electrons. The molecule has 0 radical (unpaired) electrons. The third kappa shape index (κ3) is 3.15. The topological polar surface area (TPSA) is 97.0 Å². The zero-order chi connectivity index (χ0) is 20.4. The minimum Gasteiger partial charge on any atom is -0.488 e. The monoisotopic (exact) mass is 386 g/mol. The molecular weight excluding hydrogens is 368 g/mol. The van der Waals surface area contributed by atoms with Gasteiger partial charge in [-0.15, -0.1) is 0 Å². The van der Waals surface area contributed by atoms with Gasteiger partial charge in [-0.1, -0.05) is 30.3 Å². The number of para-hydroxylation sites is 2. The zero-order valence-electron chi connectivity index (χ0n) is 15.8. The van der Waals surface area contributed by atoms with E-state index in [2.05, 4.69) is 10.4 Å². The van der Waals surface area contributed by atoms with Crippen LogP contribution in [0.5, 0.6) is 5.75 Å². The van der Waals surface area contributed by atoms with Crippen LogP contribution >= 0.6 is 0 Å². The maximum Gasteiger partial charge on any atom is 0.245 e. The van der Waals surface area contributed by atoms with E-state index in [0.29, 0.717) is 17.9 Å². The van der Waals surface area contributed by atoms with Crippen molar-refractivity contribution in [2.45, 2.75) is 13.5 Å². The van der Waals surface area contributed by atoms with E-state index >= 15 is 0 Å². The number of nitriles is 1. The van der Waals surface area contributed by atoms with Crippen molar-refractivity contribution in [3.05, 3.63) is 65.9 Å². The molecule has 2 aromatic carbocycles. The minimum absolute atomic E-state index is 0.0798. The first-order valence-corrected chi connectivity index (χ1v) is 9.26. The average molecular weight is 386 g/mol. The molecule has 29 heavy (non-hydrogen) atoms. The minimum atomic E-state index is -1.46. The van der Waals surface area contributed by atoms with Crippen molar-refractivity contribution in [3.8, 4) is 28.8 Å². The normalized spacial score (nSPS) is 12.7. The number of ether oxygens (including phenoxy) is 1. The Morgan fingerprint density at radius 1 is 1.21 bits per heavy atom. The predicted octanol–water partition coefficient (Wildman–Crippen LogP) is 2.89. The van der Waals surface area contributed by atoms with Gasteiger partial charge in [0, 0.05) is 17.7 Å². The van der Waals surface area contributed by atoms with Crippen molar-refractivity contribution < 1.29 is 14.3 Å². The fourth-order valence-corrected chi connectivity index (χ4v) is 3.41. The van der Waals surface area contributed by atoms with Crippen molar-refractivity contribution in [2.24, 2.45) is 5.92 Å². The number of Topliss-reactive ketones (excluding diaryl/α,β-unsaturated/α-hetero) is 1. The van der Waals surface area contributed by atoms with Gasteiger partial charge in [0.25, 0.3) is 0 Å². The van der Waals surface area contributed by atoms with E-state index in [1.54, 1.807) is 11.6 Å². The van der Waals surface area contributed by atoms with Crippen LogP contribution in [0, 0.1) is 17.2 Å². The van der Waals surface area contributed by atoms with Crippen LogP contribution in [-0.2, 0) is 11.4 Å². The van der Waals surface area contributed by atoms with Crippen LogP contribution in [0.15, 0.2) is 54.6 Å². The number of rotatable bonds is 5. The highest BCUT2D eigenvalue weighted by Gasteiger charge is 2.35. The lowest BCUT2D eigenvalue weighted by Gasteiger charge is -2.19. The van der Waals surface area contributed by atoms with Gasteiger partial charge in [0.2, 0.25) is 11.7 Å². The molecule has 2 heterocycles. The molecule has 0 aliphatic carbocycles. The molecule has 1 unspecified atom stereocenters. The summed E-state index contributed by atoms with van der Waals surface area (Å²) in [6.45, 7) is 2.19. The third-order valence-corrected chi connectivity index (χ3v) is 4.74. The first kappa shape index (κ1) is 18.4. The number of aromatic nitrogens is 2. The van der Waals surface area contributed by atoms with Crippen molar-refractivity contribution in [3.63, 3.8) is 0 Å². The molecule has 1 aliphatic heterocycles. The van der Waals surface area contributed by atoms with Crippen molar-refractivity contribution >= 4 is 11.7 Å². The molecule has 1 atom stereocenters. The predicted molar refractivity (Wildman–Crippen MR) is 105 cm³/mol. The molecule has 0 bridgehead atoms. The molecule has 0 spiro atoms. The van der Waals surface area contributed by atoms with Crippen LogP contribution in [0.1, 0.15) is 23.0 Å². The van der Waals surface area contributed by atoms with E-state index in [1.807, 2.05) is 60.7 Å². The van der Waals surface area contributed by atoms with Crippen molar-refractivity contribution in [1.29, 1.82) is 5.26 Å². The summed E-state index contributed by atoms with van der Waals surface area (Å²) in [5.41, 5.74) is 2.95. The maximum absolute atomic E-state index is 13.1. The summed E-state index contributed by atoms with van der Waals surface area (Å²) in [7, 11) is 0. The lowest BCUT2D eigenvalue weighted by Crippen LogP contribution is -2.35. The molecule has 7 nitrogen and oxygen atoms in total. The first-order chi connectivity index (χ1) is 14.2. The van der Waals surface area contributed by atoms with E-state index in [1.165, 1.54) is 0 Å². The average Bonchev–Trinajstić information content (AvgIpc) is 3.15. The Morgan fingerprint density at radius 3 is 2.66 bits per heavy atom. The standard InChI is InChI=1S/C22H18N4O3/c1-2-24-22(28)16(12-23)21(27)19-17-13-29-18-11-7-6-10-15(18)20(17)26(25-19)14-8-4-3-5-9-14/h3-11,16H,2,13H2,1H3,(H,24,28).